The number of para-hydroxylation sites is 1. The summed E-state index contributed by atoms with van der Waals surface area (Å²) in [6, 6.07) is 7.98. The van der Waals surface area contributed by atoms with E-state index in [2.05, 4.69) is 0 Å². The molecule has 0 aromatic heterocycles. The Bertz CT molecular complexity index is 771. The molecule has 1 aromatic carbocycles. The molecule has 0 bridgehead atoms. The van der Waals surface area contributed by atoms with Crippen molar-refractivity contribution in [2.45, 2.75) is 46.1 Å². The van der Waals surface area contributed by atoms with Crippen LogP contribution in [0.5, 0.6) is 5.75 Å². The number of ether oxygens (including phenoxy) is 1. The Morgan fingerprint density at radius 3 is 2.40 bits per heavy atom. The number of benzene rings is 1. The van der Waals surface area contributed by atoms with E-state index in [1.165, 1.54) is 0 Å². The summed E-state index contributed by atoms with van der Waals surface area (Å²) in [4.78, 5) is 42.8. The molecule has 2 heterocycles. The molecule has 0 aliphatic carbocycles. The predicted molar refractivity (Wildman–Crippen MR) is 114 cm³/mol. The first kappa shape index (κ1) is 22.1. The summed E-state index contributed by atoms with van der Waals surface area (Å²) in [5.74, 6) is 0.826. The van der Waals surface area contributed by atoms with Gasteiger partial charge in [-0.1, -0.05) is 18.2 Å². The van der Waals surface area contributed by atoms with Crippen LogP contribution in [0.15, 0.2) is 24.3 Å². The lowest BCUT2D eigenvalue weighted by atomic mass is 10.1. The number of carbonyl (C=O) groups is 3. The number of hydrogen-bond acceptors (Lipinski definition) is 4. The number of nitrogens with zero attached hydrogens (tertiary/aromatic N) is 3. The molecule has 0 spiro atoms. The Morgan fingerprint density at radius 1 is 1.10 bits per heavy atom. The van der Waals surface area contributed by atoms with Crippen LogP contribution in [0.2, 0.25) is 0 Å². The van der Waals surface area contributed by atoms with Gasteiger partial charge < -0.3 is 19.4 Å². The van der Waals surface area contributed by atoms with Gasteiger partial charge >= 0.3 is 0 Å². The van der Waals surface area contributed by atoms with Gasteiger partial charge in [0.1, 0.15) is 5.75 Å². The van der Waals surface area contributed by atoms with Crippen molar-refractivity contribution < 1.29 is 19.1 Å². The molecule has 0 N–H and O–H groups in total. The molecule has 2 aliphatic heterocycles. The van der Waals surface area contributed by atoms with Gasteiger partial charge in [-0.2, -0.15) is 0 Å². The molecule has 2 saturated heterocycles. The molecule has 3 rings (SSSR count). The highest BCUT2D eigenvalue weighted by molar-refractivity contribution is 5.89. The van der Waals surface area contributed by atoms with Gasteiger partial charge in [0.05, 0.1) is 12.5 Å². The van der Waals surface area contributed by atoms with Crippen LogP contribution in [0.3, 0.4) is 0 Å². The molecule has 164 valence electrons. The Balaban J connectivity index is 1.37. The highest BCUT2D eigenvalue weighted by atomic mass is 16.5. The summed E-state index contributed by atoms with van der Waals surface area (Å²) in [6.45, 7) is 9.15. The van der Waals surface area contributed by atoms with Crippen molar-refractivity contribution in [1.29, 1.82) is 0 Å². The molecule has 2 aliphatic rings. The van der Waals surface area contributed by atoms with E-state index in [1.54, 1.807) is 4.90 Å². The zero-order valence-electron chi connectivity index (χ0n) is 18.3. The standard InChI is InChI=1S/C23H33N3O4/c1-17(2)26-16-19(15-22(26)28)23(29)25-12-10-24(11-13-25)21(27)9-6-14-30-20-8-5-4-7-18(20)3/h4-5,7-8,17,19H,6,9-16H2,1-3H3. The quantitative estimate of drug-likeness (QED) is 0.640. The Labute approximate surface area is 179 Å². The molecule has 30 heavy (non-hydrogen) atoms. The van der Waals surface area contributed by atoms with Crippen LogP contribution in [0.1, 0.15) is 38.7 Å². The molecule has 1 atom stereocenters. The second-order valence-electron chi connectivity index (χ2n) is 8.46. The first-order chi connectivity index (χ1) is 14.4. The number of piperazine rings is 1. The molecular formula is C23H33N3O4. The van der Waals surface area contributed by atoms with E-state index >= 15 is 0 Å². The van der Waals surface area contributed by atoms with Crippen LogP contribution in [0.25, 0.3) is 0 Å². The minimum atomic E-state index is -0.249. The lowest BCUT2D eigenvalue weighted by Gasteiger charge is -2.36. The number of hydrogen-bond donors (Lipinski definition) is 0. The topological polar surface area (TPSA) is 70.2 Å². The maximum atomic E-state index is 12.8. The minimum Gasteiger partial charge on any atom is -0.493 e. The third-order valence-electron chi connectivity index (χ3n) is 5.96. The molecule has 0 radical (unpaired) electrons. The van der Waals surface area contributed by atoms with Gasteiger partial charge in [0.25, 0.3) is 0 Å². The van der Waals surface area contributed by atoms with E-state index in [0.29, 0.717) is 58.6 Å². The zero-order chi connectivity index (χ0) is 21.7. The molecule has 1 aromatic rings. The minimum absolute atomic E-state index is 0.0465. The molecule has 7 nitrogen and oxygen atoms in total. The molecular weight excluding hydrogens is 382 g/mol. The number of rotatable bonds is 7. The fourth-order valence-corrected chi connectivity index (χ4v) is 4.11. The Kier molecular flexibility index (Phi) is 7.34. The van der Waals surface area contributed by atoms with Crippen molar-refractivity contribution in [3.63, 3.8) is 0 Å². The monoisotopic (exact) mass is 415 g/mol. The fourth-order valence-electron chi connectivity index (χ4n) is 4.11. The maximum Gasteiger partial charge on any atom is 0.228 e. The van der Waals surface area contributed by atoms with E-state index in [4.69, 9.17) is 4.74 Å². The summed E-state index contributed by atoms with van der Waals surface area (Å²) < 4.78 is 5.76. The lowest BCUT2D eigenvalue weighted by Crippen LogP contribution is -2.52. The molecule has 7 heteroatoms. The smallest absolute Gasteiger partial charge is 0.228 e. The van der Waals surface area contributed by atoms with E-state index in [9.17, 15) is 14.4 Å². The van der Waals surface area contributed by atoms with Crippen molar-refractivity contribution in [2.24, 2.45) is 5.92 Å². The number of amides is 3. The van der Waals surface area contributed by atoms with E-state index in [1.807, 2.05) is 54.8 Å². The largest absolute Gasteiger partial charge is 0.493 e. The van der Waals surface area contributed by atoms with Crippen molar-refractivity contribution in [3.05, 3.63) is 29.8 Å². The van der Waals surface area contributed by atoms with Gasteiger partial charge in [-0.05, 0) is 38.8 Å². The molecule has 3 amide bonds. The third-order valence-corrected chi connectivity index (χ3v) is 5.96. The second kappa shape index (κ2) is 9.96. The summed E-state index contributed by atoms with van der Waals surface area (Å²) in [7, 11) is 0. The van der Waals surface area contributed by atoms with E-state index < -0.39 is 0 Å². The second-order valence-corrected chi connectivity index (χ2v) is 8.46. The summed E-state index contributed by atoms with van der Waals surface area (Å²) in [6.07, 6.45) is 1.42. The van der Waals surface area contributed by atoms with Gasteiger partial charge in [-0.25, -0.2) is 0 Å². The average Bonchev–Trinajstić information content (AvgIpc) is 3.14. The first-order valence-electron chi connectivity index (χ1n) is 10.9. The van der Waals surface area contributed by atoms with Crippen LogP contribution < -0.4 is 4.74 Å². The highest BCUT2D eigenvalue weighted by Gasteiger charge is 2.38. The lowest BCUT2D eigenvalue weighted by molar-refractivity contribution is -0.142. The van der Waals surface area contributed by atoms with Crippen LogP contribution in [-0.4, -0.2) is 77.8 Å². The number of aryl methyl sites for hydroxylation is 1. The highest BCUT2D eigenvalue weighted by Crippen LogP contribution is 2.23. The van der Waals surface area contributed by atoms with Gasteiger partial charge in [-0.3, -0.25) is 14.4 Å². The van der Waals surface area contributed by atoms with Crippen LogP contribution in [0.4, 0.5) is 0 Å². The van der Waals surface area contributed by atoms with E-state index in [0.717, 1.165) is 11.3 Å². The predicted octanol–water partition coefficient (Wildman–Crippen LogP) is 2.08. The Morgan fingerprint density at radius 2 is 1.77 bits per heavy atom. The van der Waals surface area contributed by atoms with Crippen LogP contribution >= 0.6 is 0 Å². The normalized spacial score (nSPS) is 19.5. The molecule has 1 unspecified atom stereocenters. The van der Waals surface area contributed by atoms with Crippen LogP contribution in [0, 0.1) is 12.8 Å². The Hall–Kier alpha value is -2.57. The van der Waals surface area contributed by atoms with Crippen molar-refractivity contribution in [2.75, 3.05) is 39.3 Å². The average molecular weight is 416 g/mol. The van der Waals surface area contributed by atoms with Gasteiger partial charge in [0, 0.05) is 51.6 Å². The zero-order valence-corrected chi connectivity index (χ0v) is 18.3. The third kappa shape index (κ3) is 5.32. The first-order valence-corrected chi connectivity index (χ1v) is 10.9. The van der Waals surface area contributed by atoms with Gasteiger partial charge in [0.2, 0.25) is 17.7 Å². The summed E-state index contributed by atoms with van der Waals surface area (Å²) >= 11 is 0. The van der Waals surface area contributed by atoms with Gasteiger partial charge in [0.15, 0.2) is 0 Å². The summed E-state index contributed by atoms with van der Waals surface area (Å²) in [5, 5.41) is 0. The number of carbonyl (C=O) groups excluding carboxylic acids is 3. The van der Waals surface area contributed by atoms with E-state index in [-0.39, 0.29) is 29.7 Å². The van der Waals surface area contributed by atoms with Crippen LogP contribution in [-0.2, 0) is 14.4 Å². The van der Waals surface area contributed by atoms with Gasteiger partial charge in [-0.15, -0.1) is 0 Å². The van der Waals surface area contributed by atoms with Crippen molar-refractivity contribution >= 4 is 17.7 Å². The fraction of sp³-hybridized carbons (Fsp3) is 0.609. The number of likely N-dealkylation sites (tertiary alicyclic amines) is 1. The summed E-state index contributed by atoms with van der Waals surface area (Å²) in [5.41, 5.74) is 1.09. The maximum absolute atomic E-state index is 12.8. The van der Waals surface area contributed by atoms with Crippen molar-refractivity contribution in [1.82, 2.24) is 14.7 Å². The van der Waals surface area contributed by atoms with Crippen molar-refractivity contribution in [3.8, 4) is 5.75 Å². The molecule has 0 saturated carbocycles. The molecule has 2 fully saturated rings. The SMILES string of the molecule is Cc1ccccc1OCCCC(=O)N1CCN(C(=O)C2CC(=O)N(C(C)C)C2)CC1.